The van der Waals surface area contributed by atoms with Gasteiger partial charge in [0, 0.05) is 44.5 Å². The molecule has 1 aliphatic heterocycles. The maximum absolute atomic E-state index is 10.8. The van der Waals surface area contributed by atoms with Gasteiger partial charge in [-0.05, 0) is 26.8 Å². The molecule has 112 valence electrons. The van der Waals surface area contributed by atoms with Gasteiger partial charge in [-0.15, -0.1) is 0 Å². The molecule has 2 rings (SSSR count). The van der Waals surface area contributed by atoms with Gasteiger partial charge in [-0.3, -0.25) is 19.3 Å². The number of carboxylic acid groups (broad SMARTS) is 1. The van der Waals surface area contributed by atoms with Crippen molar-refractivity contribution in [2.45, 2.75) is 26.8 Å². The van der Waals surface area contributed by atoms with Gasteiger partial charge >= 0.3 is 5.97 Å². The Hall–Kier alpha value is -1.40. The molecule has 0 saturated carbocycles. The van der Waals surface area contributed by atoms with E-state index in [2.05, 4.69) is 23.8 Å². The summed E-state index contributed by atoms with van der Waals surface area (Å²) in [5, 5.41) is 13.3. The van der Waals surface area contributed by atoms with Crippen molar-refractivity contribution in [3.05, 3.63) is 17.0 Å². The third-order valence-corrected chi connectivity index (χ3v) is 4.08. The first-order chi connectivity index (χ1) is 9.47. The number of nitrogens with zero attached hydrogens (tertiary/aromatic N) is 4. The largest absolute Gasteiger partial charge is 0.480 e. The minimum Gasteiger partial charge on any atom is -0.480 e. The van der Waals surface area contributed by atoms with E-state index in [0.717, 1.165) is 44.8 Å². The van der Waals surface area contributed by atoms with Crippen molar-refractivity contribution in [1.82, 2.24) is 19.6 Å². The third kappa shape index (κ3) is 3.58. The smallest absolute Gasteiger partial charge is 0.317 e. The lowest BCUT2D eigenvalue weighted by Gasteiger charge is -2.21. The minimum absolute atomic E-state index is 0.152. The van der Waals surface area contributed by atoms with Crippen molar-refractivity contribution in [2.75, 3.05) is 32.7 Å². The Bertz CT molecular complexity index is 484. The van der Waals surface area contributed by atoms with Crippen molar-refractivity contribution in [2.24, 2.45) is 7.05 Å². The second-order valence-corrected chi connectivity index (χ2v) is 5.57. The van der Waals surface area contributed by atoms with Gasteiger partial charge in [0.25, 0.3) is 0 Å². The Labute approximate surface area is 120 Å². The van der Waals surface area contributed by atoms with Gasteiger partial charge in [0.05, 0.1) is 12.2 Å². The topological polar surface area (TPSA) is 61.6 Å². The summed E-state index contributed by atoms with van der Waals surface area (Å²) in [5.41, 5.74) is 3.62. The Morgan fingerprint density at radius 1 is 1.20 bits per heavy atom. The fourth-order valence-electron chi connectivity index (χ4n) is 2.80. The van der Waals surface area contributed by atoms with Gasteiger partial charge < -0.3 is 5.11 Å². The highest BCUT2D eigenvalue weighted by molar-refractivity contribution is 5.69. The monoisotopic (exact) mass is 280 g/mol. The third-order valence-electron chi connectivity index (χ3n) is 4.08. The number of hydrogen-bond donors (Lipinski definition) is 1. The van der Waals surface area contributed by atoms with Crippen LogP contribution in [0.5, 0.6) is 0 Å². The maximum atomic E-state index is 10.8. The lowest BCUT2D eigenvalue weighted by Crippen LogP contribution is -2.34. The molecule has 0 atom stereocenters. The normalized spacial score (nSPS) is 18.1. The van der Waals surface area contributed by atoms with Crippen molar-refractivity contribution in [1.29, 1.82) is 0 Å². The molecule has 1 fully saturated rings. The van der Waals surface area contributed by atoms with Crippen LogP contribution in [0.2, 0.25) is 0 Å². The van der Waals surface area contributed by atoms with Crippen LogP contribution in [0.1, 0.15) is 23.4 Å². The first-order valence-corrected chi connectivity index (χ1v) is 7.13. The van der Waals surface area contributed by atoms with Crippen LogP contribution in [0.3, 0.4) is 0 Å². The molecule has 6 heteroatoms. The predicted octanol–water partition coefficient (Wildman–Crippen LogP) is 0.629. The maximum Gasteiger partial charge on any atom is 0.317 e. The van der Waals surface area contributed by atoms with E-state index in [1.165, 1.54) is 11.3 Å². The number of aliphatic carboxylic acids is 1. The molecule has 0 unspecified atom stereocenters. The van der Waals surface area contributed by atoms with Gasteiger partial charge in [-0.1, -0.05) is 0 Å². The number of carbonyl (C=O) groups is 1. The number of aryl methyl sites for hydroxylation is 2. The van der Waals surface area contributed by atoms with Crippen LogP contribution in [0, 0.1) is 13.8 Å². The summed E-state index contributed by atoms with van der Waals surface area (Å²) in [6.07, 6.45) is 1.02. The highest BCUT2D eigenvalue weighted by Crippen LogP contribution is 2.16. The zero-order valence-corrected chi connectivity index (χ0v) is 12.6. The number of aromatic nitrogens is 2. The molecule has 1 aromatic rings. The van der Waals surface area contributed by atoms with Crippen LogP contribution in [0.25, 0.3) is 0 Å². The summed E-state index contributed by atoms with van der Waals surface area (Å²) >= 11 is 0. The van der Waals surface area contributed by atoms with E-state index < -0.39 is 5.97 Å². The Kier molecular flexibility index (Phi) is 4.77. The molecule has 0 aromatic carbocycles. The zero-order chi connectivity index (χ0) is 14.7. The van der Waals surface area contributed by atoms with Crippen molar-refractivity contribution >= 4 is 5.97 Å². The lowest BCUT2D eigenvalue weighted by molar-refractivity contribution is -0.138. The highest BCUT2D eigenvalue weighted by atomic mass is 16.4. The number of rotatable bonds is 4. The van der Waals surface area contributed by atoms with Crippen LogP contribution >= 0.6 is 0 Å². The van der Waals surface area contributed by atoms with Crippen LogP contribution in [0.15, 0.2) is 0 Å². The molecular weight excluding hydrogens is 256 g/mol. The first-order valence-electron chi connectivity index (χ1n) is 7.13. The Morgan fingerprint density at radius 2 is 1.85 bits per heavy atom. The summed E-state index contributed by atoms with van der Waals surface area (Å²) < 4.78 is 1.93. The Morgan fingerprint density at radius 3 is 2.45 bits per heavy atom. The average molecular weight is 280 g/mol. The first kappa shape index (κ1) is 15.0. The molecular formula is C14H24N4O2. The summed E-state index contributed by atoms with van der Waals surface area (Å²) in [6, 6.07) is 0. The van der Waals surface area contributed by atoms with E-state index in [9.17, 15) is 4.79 Å². The fourth-order valence-corrected chi connectivity index (χ4v) is 2.80. The van der Waals surface area contributed by atoms with Gasteiger partial charge in [-0.2, -0.15) is 5.10 Å². The number of carboxylic acids is 1. The van der Waals surface area contributed by atoms with E-state index in [4.69, 9.17) is 5.11 Å². The molecule has 6 nitrogen and oxygen atoms in total. The molecule has 0 aliphatic carbocycles. The standard InChI is InChI=1S/C14H24N4O2/c1-11-13(12(2)16(3)15-11)9-17-5-4-6-18(8-7-17)10-14(19)20/h4-10H2,1-3H3,(H,19,20). The quantitative estimate of drug-likeness (QED) is 0.876. The zero-order valence-electron chi connectivity index (χ0n) is 12.6. The second-order valence-electron chi connectivity index (χ2n) is 5.57. The van der Waals surface area contributed by atoms with Gasteiger partial charge in [0.15, 0.2) is 0 Å². The summed E-state index contributed by atoms with van der Waals surface area (Å²) in [6.45, 7) is 8.84. The van der Waals surface area contributed by atoms with Gasteiger partial charge in [0.2, 0.25) is 0 Å². The summed E-state index contributed by atoms with van der Waals surface area (Å²) in [4.78, 5) is 15.2. The number of hydrogen-bond acceptors (Lipinski definition) is 4. The van der Waals surface area contributed by atoms with E-state index in [1.807, 2.05) is 16.6 Å². The molecule has 0 amide bonds. The minimum atomic E-state index is -0.739. The van der Waals surface area contributed by atoms with Crippen molar-refractivity contribution < 1.29 is 9.90 Å². The molecule has 1 saturated heterocycles. The SMILES string of the molecule is Cc1nn(C)c(C)c1CN1CCCN(CC(=O)O)CC1. The van der Waals surface area contributed by atoms with E-state index in [0.29, 0.717) is 0 Å². The van der Waals surface area contributed by atoms with Crippen LogP contribution in [-0.2, 0) is 18.4 Å². The van der Waals surface area contributed by atoms with E-state index in [1.54, 1.807) is 0 Å². The summed E-state index contributed by atoms with van der Waals surface area (Å²) in [7, 11) is 1.98. The second kappa shape index (κ2) is 6.37. The summed E-state index contributed by atoms with van der Waals surface area (Å²) in [5.74, 6) is -0.739. The van der Waals surface area contributed by atoms with E-state index >= 15 is 0 Å². The van der Waals surface area contributed by atoms with Crippen molar-refractivity contribution in [3.63, 3.8) is 0 Å². The highest BCUT2D eigenvalue weighted by Gasteiger charge is 2.19. The van der Waals surface area contributed by atoms with E-state index in [-0.39, 0.29) is 6.54 Å². The van der Waals surface area contributed by atoms with Crippen LogP contribution in [0.4, 0.5) is 0 Å². The molecule has 0 bridgehead atoms. The van der Waals surface area contributed by atoms with Crippen LogP contribution in [-0.4, -0.2) is 63.4 Å². The molecule has 1 aromatic heterocycles. The molecule has 1 N–H and O–H groups in total. The van der Waals surface area contributed by atoms with Crippen molar-refractivity contribution in [3.8, 4) is 0 Å². The molecule has 1 aliphatic rings. The fraction of sp³-hybridized carbons (Fsp3) is 0.714. The molecule has 2 heterocycles. The molecule has 0 spiro atoms. The predicted molar refractivity (Wildman–Crippen MR) is 76.7 cm³/mol. The molecule has 20 heavy (non-hydrogen) atoms. The lowest BCUT2D eigenvalue weighted by atomic mass is 10.2. The molecule has 0 radical (unpaired) electrons. The average Bonchev–Trinajstić information content (AvgIpc) is 2.57. The van der Waals surface area contributed by atoms with Crippen LogP contribution < -0.4 is 0 Å². The van der Waals surface area contributed by atoms with Gasteiger partial charge in [-0.25, -0.2) is 0 Å². The Balaban J connectivity index is 1.95. The van der Waals surface area contributed by atoms with Gasteiger partial charge in [0.1, 0.15) is 0 Å².